The van der Waals surface area contributed by atoms with Gasteiger partial charge in [0.1, 0.15) is 5.82 Å². The van der Waals surface area contributed by atoms with Crippen LogP contribution in [0.4, 0.5) is 10.1 Å². The lowest BCUT2D eigenvalue weighted by Crippen LogP contribution is -2.36. The minimum Gasteiger partial charge on any atom is -0.371 e. The van der Waals surface area contributed by atoms with Gasteiger partial charge >= 0.3 is 0 Å². The predicted octanol–water partition coefficient (Wildman–Crippen LogP) is 3.78. The Bertz CT molecular complexity index is 443. The Labute approximate surface area is 115 Å². The number of benzene rings is 1. The molecule has 0 radical (unpaired) electrons. The van der Waals surface area contributed by atoms with Crippen molar-refractivity contribution in [3.8, 4) is 0 Å². The van der Waals surface area contributed by atoms with E-state index in [2.05, 4.69) is 11.8 Å². The molecule has 1 aliphatic rings. The van der Waals surface area contributed by atoms with Crippen molar-refractivity contribution in [2.24, 2.45) is 11.7 Å². The minimum absolute atomic E-state index is 0.132. The molecule has 2 nitrogen and oxygen atoms in total. The van der Waals surface area contributed by atoms with Crippen molar-refractivity contribution in [3.63, 3.8) is 0 Å². The van der Waals surface area contributed by atoms with Crippen LogP contribution in [0.3, 0.4) is 0 Å². The van der Waals surface area contributed by atoms with Crippen LogP contribution in [0.25, 0.3) is 0 Å². The number of nitrogens with zero attached hydrogens (tertiary/aromatic N) is 1. The maximum atomic E-state index is 13.8. The Morgan fingerprint density at radius 3 is 2.84 bits per heavy atom. The second-order valence-corrected chi connectivity index (χ2v) is 5.81. The molecule has 2 N–H and O–H groups in total. The average molecular weight is 264 g/mol. The zero-order valence-corrected chi connectivity index (χ0v) is 12.2. The molecule has 0 amide bonds. The lowest BCUT2D eigenvalue weighted by atomic mass is 9.93. The van der Waals surface area contributed by atoms with E-state index in [4.69, 9.17) is 5.73 Å². The zero-order valence-electron chi connectivity index (χ0n) is 12.2. The first kappa shape index (κ1) is 14.3. The van der Waals surface area contributed by atoms with E-state index in [1.165, 1.54) is 19.3 Å². The molecule has 2 unspecified atom stereocenters. The summed E-state index contributed by atoms with van der Waals surface area (Å²) < 4.78 is 13.8. The molecule has 1 aromatic carbocycles. The van der Waals surface area contributed by atoms with Crippen LogP contribution >= 0.6 is 0 Å². The quantitative estimate of drug-likeness (QED) is 0.900. The highest BCUT2D eigenvalue weighted by molar-refractivity contribution is 5.57. The monoisotopic (exact) mass is 264 g/mol. The van der Waals surface area contributed by atoms with Crippen LogP contribution in [0.2, 0.25) is 0 Å². The van der Waals surface area contributed by atoms with Gasteiger partial charge in [0.15, 0.2) is 0 Å². The molecule has 0 aromatic heterocycles. The van der Waals surface area contributed by atoms with Crippen LogP contribution in [0.5, 0.6) is 0 Å². The third-order valence-electron chi connectivity index (χ3n) is 4.24. The van der Waals surface area contributed by atoms with Crippen molar-refractivity contribution in [3.05, 3.63) is 29.1 Å². The van der Waals surface area contributed by atoms with Crippen molar-refractivity contribution in [1.29, 1.82) is 0 Å². The minimum atomic E-state index is -0.153. The molecule has 1 heterocycles. The van der Waals surface area contributed by atoms with E-state index < -0.39 is 0 Å². The predicted molar refractivity (Wildman–Crippen MR) is 79.0 cm³/mol. The number of rotatable bonds is 3. The van der Waals surface area contributed by atoms with Crippen molar-refractivity contribution in [2.75, 3.05) is 18.0 Å². The van der Waals surface area contributed by atoms with E-state index in [0.29, 0.717) is 5.56 Å². The van der Waals surface area contributed by atoms with Crippen LogP contribution in [0, 0.1) is 18.7 Å². The van der Waals surface area contributed by atoms with Gasteiger partial charge in [0.05, 0.1) is 0 Å². The fourth-order valence-electron chi connectivity index (χ4n) is 2.94. The molecule has 0 aliphatic carbocycles. The lowest BCUT2D eigenvalue weighted by molar-refractivity contribution is 0.404. The summed E-state index contributed by atoms with van der Waals surface area (Å²) in [6, 6.07) is 3.45. The number of hydrogen-bond donors (Lipinski definition) is 1. The smallest absolute Gasteiger partial charge is 0.126 e. The third kappa shape index (κ3) is 3.08. The van der Waals surface area contributed by atoms with Crippen molar-refractivity contribution in [2.45, 2.75) is 46.1 Å². The Hall–Kier alpha value is -1.09. The second kappa shape index (κ2) is 5.91. The van der Waals surface area contributed by atoms with Gasteiger partial charge in [-0.1, -0.05) is 13.3 Å². The number of hydrogen-bond acceptors (Lipinski definition) is 2. The molecule has 3 heteroatoms. The molecule has 0 saturated carbocycles. The van der Waals surface area contributed by atoms with Crippen LogP contribution in [-0.4, -0.2) is 13.1 Å². The summed E-state index contributed by atoms with van der Waals surface area (Å²) in [5.41, 5.74) is 8.78. The summed E-state index contributed by atoms with van der Waals surface area (Å²) in [6.45, 7) is 8.12. The van der Waals surface area contributed by atoms with E-state index in [1.54, 1.807) is 6.07 Å². The molecule has 0 bridgehead atoms. The van der Waals surface area contributed by atoms with Crippen molar-refractivity contribution < 1.29 is 4.39 Å². The zero-order chi connectivity index (χ0) is 14.0. The first-order valence-electron chi connectivity index (χ1n) is 7.33. The summed E-state index contributed by atoms with van der Waals surface area (Å²) in [7, 11) is 0. The fourth-order valence-corrected chi connectivity index (χ4v) is 2.94. The fraction of sp³-hybridized carbons (Fsp3) is 0.625. The van der Waals surface area contributed by atoms with Gasteiger partial charge < -0.3 is 10.6 Å². The first-order valence-corrected chi connectivity index (χ1v) is 7.33. The maximum Gasteiger partial charge on any atom is 0.126 e. The number of aryl methyl sites for hydroxylation is 1. The molecule has 1 aliphatic heterocycles. The van der Waals surface area contributed by atoms with E-state index >= 15 is 0 Å². The molecule has 19 heavy (non-hydrogen) atoms. The van der Waals surface area contributed by atoms with Crippen LogP contribution in [0.15, 0.2) is 12.1 Å². The SMILES string of the molecule is CCC1CCCN(c2cc(C)c(F)cc2C(C)N)C1. The number of halogens is 1. The molecule has 1 saturated heterocycles. The summed E-state index contributed by atoms with van der Waals surface area (Å²) in [6.07, 6.45) is 3.73. The van der Waals surface area contributed by atoms with Gasteiger partial charge in [-0.25, -0.2) is 4.39 Å². The molecule has 2 atom stereocenters. The molecule has 1 aromatic rings. The molecular formula is C16H25FN2. The topological polar surface area (TPSA) is 29.3 Å². The van der Waals surface area contributed by atoms with Crippen molar-refractivity contribution in [1.82, 2.24) is 0 Å². The molecule has 1 fully saturated rings. The van der Waals surface area contributed by atoms with Gasteiger partial charge in [-0.3, -0.25) is 0 Å². The van der Waals surface area contributed by atoms with Crippen LogP contribution in [-0.2, 0) is 0 Å². The highest BCUT2D eigenvalue weighted by atomic mass is 19.1. The average Bonchev–Trinajstić information content (AvgIpc) is 2.41. The van der Waals surface area contributed by atoms with Crippen LogP contribution < -0.4 is 10.6 Å². The number of anilines is 1. The van der Waals surface area contributed by atoms with E-state index in [0.717, 1.165) is 30.3 Å². The summed E-state index contributed by atoms with van der Waals surface area (Å²) in [5, 5.41) is 0. The van der Waals surface area contributed by atoms with E-state index in [9.17, 15) is 4.39 Å². The largest absolute Gasteiger partial charge is 0.371 e. The Morgan fingerprint density at radius 2 is 2.21 bits per heavy atom. The third-order valence-corrected chi connectivity index (χ3v) is 4.24. The van der Waals surface area contributed by atoms with Gasteiger partial charge in [-0.2, -0.15) is 0 Å². The molecule has 106 valence electrons. The second-order valence-electron chi connectivity index (χ2n) is 5.81. The summed E-state index contributed by atoms with van der Waals surface area (Å²) >= 11 is 0. The van der Waals surface area contributed by atoms with Gasteiger partial charge in [-0.05, 0) is 55.9 Å². The molecular weight excluding hydrogens is 239 g/mol. The highest BCUT2D eigenvalue weighted by Crippen LogP contribution is 2.32. The van der Waals surface area contributed by atoms with E-state index in [1.807, 2.05) is 19.9 Å². The van der Waals surface area contributed by atoms with Crippen LogP contribution in [0.1, 0.15) is 50.3 Å². The molecule has 2 rings (SSSR count). The van der Waals surface area contributed by atoms with Gasteiger partial charge in [0.2, 0.25) is 0 Å². The van der Waals surface area contributed by atoms with Gasteiger partial charge in [-0.15, -0.1) is 0 Å². The Balaban J connectivity index is 2.34. The lowest BCUT2D eigenvalue weighted by Gasteiger charge is -2.36. The first-order chi connectivity index (χ1) is 9.02. The Morgan fingerprint density at radius 1 is 1.47 bits per heavy atom. The number of piperidine rings is 1. The normalized spacial score (nSPS) is 21.5. The van der Waals surface area contributed by atoms with E-state index in [-0.39, 0.29) is 11.9 Å². The molecule has 0 spiro atoms. The standard InChI is InChI=1S/C16H25FN2/c1-4-13-6-5-7-19(10-13)16-8-11(2)15(17)9-14(16)12(3)18/h8-9,12-13H,4-7,10,18H2,1-3H3. The number of nitrogens with two attached hydrogens (primary N) is 1. The van der Waals surface area contributed by atoms with Crippen molar-refractivity contribution >= 4 is 5.69 Å². The van der Waals surface area contributed by atoms with Gasteiger partial charge in [0, 0.05) is 24.8 Å². The van der Waals surface area contributed by atoms with Gasteiger partial charge in [0.25, 0.3) is 0 Å². The summed E-state index contributed by atoms with van der Waals surface area (Å²) in [4.78, 5) is 2.39. The maximum absolute atomic E-state index is 13.8. The Kier molecular flexibility index (Phi) is 4.46. The summed E-state index contributed by atoms with van der Waals surface area (Å²) in [5.74, 6) is 0.597. The highest BCUT2D eigenvalue weighted by Gasteiger charge is 2.22.